The minimum atomic E-state index is 0.277. The van der Waals surface area contributed by atoms with Crippen molar-refractivity contribution in [3.63, 3.8) is 0 Å². The molecule has 2 aliphatic heterocycles. The highest BCUT2D eigenvalue weighted by Gasteiger charge is 2.16. The van der Waals surface area contributed by atoms with Crippen molar-refractivity contribution in [2.24, 2.45) is 0 Å². The summed E-state index contributed by atoms with van der Waals surface area (Å²) in [7, 11) is 0. The van der Waals surface area contributed by atoms with E-state index >= 15 is 0 Å². The molecule has 3 rings (SSSR count). The van der Waals surface area contributed by atoms with Crippen LogP contribution in [-0.2, 0) is 4.74 Å². The first-order chi connectivity index (χ1) is 8.81. The molecule has 1 N–H and O–H groups in total. The highest BCUT2D eigenvalue weighted by atomic mass is 16.7. The molecule has 0 amide bonds. The maximum atomic E-state index is 5.50. The average molecular weight is 247 g/mol. The zero-order valence-corrected chi connectivity index (χ0v) is 10.4. The number of ether oxygens (including phenoxy) is 3. The Kier molecular flexibility index (Phi) is 3.21. The quantitative estimate of drug-likeness (QED) is 0.865. The number of hydrogen-bond acceptors (Lipinski definition) is 4. The van der Waals surface area contributed by atoms with Crippen molar-refractivity contribution in [2.45, 2.75) is 19.0 Å². The lowest BCUT2D eigenvalue weighted by molar-refractivity contribution is 0.0637. The van der Waals surface area contributed by atoms with Crippen LogP contribution < -0.4 is 14.8 Å². The largest absolute Gasteiger partial charge is 0.454 e. The van der Waals surface area contributed by atoms with Gasteiger partial charge in [-0.1, -0.05) is 18.2 Å². The highest BCUT2D eigenvalue weighted by molar-refractivity contribution is 5.56. The van der Waals surface area contributed by atoms with E-state index in [1.807, 2.05) is 18.2 Å². The van der Waals surface area contributed by atoms with Gasteiger partial charge in [0.25, 0.3) is 0 Å². The molecule has 1 aromatic carbocycles. The summed E-state index contributed by atoms with van der Waals surface area (Å²) < 4.78 is 16.1. The van der Waals surface area contributed by atoms with Gasteiger partial charge in [-0.2, -0.15) is 0 Å². The SMILES string of the molecule is CC1COCC(/C=C/c2ccc3c(c2)OCO3)N1. The predicted molar refractivity (Wildman–Crippen MR) is 68.8 cm³/mol. The molecule has 18 heavy (non-hydrogen) atoms. The lowest BCUT2D eigenvalue weighted by atomic mass is 10.1. The van der Waals surface area contributed by atoms with Crippen molar-refractivity contribution in [3.05, 3.63) is 29.8 Å². The molecule has 1 aromatic rings. The number of benzene rings is 1. The molecule has 2 aliphatic rings. The van der Waals surface area contributed by atoms with Crippen LogP contribution in [0.4, 0.5) is 0 Å². The molecule has 0 spiro atoms. The first-order valence-corrected chi connectivity index (χ1v) is 6.23. The van der Waals surface area contributed by atoms with E-state index in [9.17, 15) is 0 Å². The van der Waals surface area contributed by atoms with Gasteiger partial charge in [0.2, 0.25) is 6.79 Å². The third kappa shape index (κ3) is 2.49. The minimum Gasteiger partial charge on any atom is -0.454 e. The van der Waals surface area contributed by atoms with E-state index in [2.05, 4.69) is 24.4 Å². The highest BCUT2D eigenvalue weighted by Crippen LogP contribution is 2.32. The van der Waals surface area contributed by atoms with Crippen molar-refractivity contribution in [1.29, 1.82) is 0 Å². The summed E-state index contributed by atoms with van der Waals surface area (Å²) in [5.74, 6) is 1.64. The van der Waals surface area contributed by atoms with Gasteiger partial charge in [-0.3, -0.25) is 0 Å². The van der Waals surface area contributed by atoms with Gasteiger partial charge in [0.1, 0.15) is 0 Å². The maximum absolute atomic E-state index is 5.50. The van der Waals surface area contributed by atoms with Gasteiger partial charge in [0, 0.05) is 12.1 Å². The van der Waals surface area contributed by atoms with Gasteiger partial charge in [-0.25, -0.2) is 0 Å². The van der Waals surface area contributed by atoms with Crippen LogP contribution in [0.1, 0.15) is 12.5 Å². The van der Waals surface area contributed by atoms with E-state index in [-0.39, 0.29) is 6.04 Å². The molecule has 2 heterocycles. The van der Waals surface area contributed by atoms with Crippen LogP contribution in [0, 0.1) is 0 Å². The Hall–Kier alpha value is -1.52. The first kappa shape index (κ1) is 11.6. The van der Waals surface area contributed by atoms with Crippen molar-refractivity contribution < 1.29 is 14.2 Å². The van der Waals surface area contributed by atoms with Crippen LogP contribution in [0.2, 0.25) is 0 Å². The van der Waals surface area contributed by atoms with Gasteiger partial charge in [0.05, 0.1) is 13.2 Å². The van der Waals surface area contributed by atoms with Crippen molar-refractivity contribution in [2.75, 3.05) is 20.0 Å². The van der Waals surface area contributed by atoms with Crippen LogP contribution in [0.25, 0.3) is 6.08 Å². The number of morpholine rings is 1. The first-order valence-electron chi connectivity index (χ1n) is 6.23. The van der Waals surface area contributed by atoms with E-state index in [1.54, 1.807) is 0 Å². The molecule has 2 unspecified atom stereocenters. The molecule has 1 saturated heterocycles. The Morgan fingerprint density at radius 2 is 2.11 bits per heavy atom. The van der Waals surface area contributed by atoms with Crippen molar-refractivity contribution in [3.8, 4) is 11.5 Å². The topological polar surface area (TPSA) is 39.7 Å². The van der Waals surface area contributed by atoms with E-state index < -0.39 is 0 Å². The van der Waals surface area contributed by atoms with Crippen molar-refractivity contribution in [1.82, 2.24) is 5.32 Å². The number of nitrogens with one attached hydrogen (secondary N) is 1. The molecule has 0 radical (unpaired) electrons. The third-order valence-corrected chi connectivity index (χ3v) is 3.08. The molecular weight excluding hydrogens is 230 g/mol. The molecule has 0 aliphatic carbocycles. The number of rotatable bonds is 2. The maximum Gasteiger partial charge on any atom is 0.231 e. The third-order valence-electron chi connectivity index (χ3n) is 3.08. The van der Waals surface area contributed by atoms with Gasteiger partial charge < -0.3 is 19.5 Å². The van der Waals surface area contributed by atoms with Crippen LogP contribution in [0.5, 0.6) is 11.5 Å². The Morgan fingerprint density at radius 1 is 1.22 bits per heavy atom. The summed E-state index contributed by atoms with van der Waals surface area (Å²) in [6, 6.07) is 6.64. The molecule has 1 fully saturated rings. The van der Waals surface area contributed by atoms with Gasteiger partial charge >= 0.3 is 0 Å². The summed E-state index contributed by atoms with van der Waals surface area (Å²) >= 11 is 0. The average Bonchev–Trinajstić information content (AvgIpc) is 2.84. The summed E-state index contributed by atoms with van der Waals surface area (Å²) in [6.45, 7) is 3.96. The summed E-state index contributed by atoms with van der Waals surface area (Å²) in [6.07, 6.45) is 4.22. The zero-order valence-electron chi connectivity index (χ0n) is 10.4. The van der Waals surface area contributed by atoms with Crippen LogP contribution in [0.3, 0.4) is 0 Å². The van der Waals surface area contributed by atoms with Gasteiger partial charge in [0.15, 0.2) is 11.5 Å². The molecule has 0 saturated carbocycles. The minimum absolute atomic E-state index is 0.277. The van der Waals surface area contributed by atoms with Crippen LogP contribution >= 0.6 is 0 Å². The Balaban J connectivity index is 1.68. The fraction of sp³-hybridized carbons (Fsp3) is 0.429. The lowest BCUT2D eigenvalue weighted by Crippen LogP contribution is -2.46. The molecule has 0 bridgehead atoms. The summed E-state index contributed by atoms with van der Waals surface area (Å²) in [5.41, 5.74) is 1.11. The molecule has 4 nitrogen and oxygen atoms in total. The summed E-state index contributed by atoms with van der Waals surface area (Å²) in [5, 5.41) is 3.47. The fourth-order valence-corrected chi connectivity index (χ4v) is 2.19. The fourth-order valence-electron chi connectivity index (χ4n) is 2.19. The zero-order chi connectivity index (χ0) is 12.4. The molecule has 0 aromatic heterocycles. The molecule has 2 atom stereocenters. The Morgan fingerprint density at radius 3 is 3.00 bits per heavy atom. The van der Waals surface area contributed by atoms with Gasteiger partial charge in [-0.05, 0) is 24.6 Å². The van der Waals surface area contributed by atoms with Crippen LogP contribution in [-0.4, -0.2) is 32.1 Å². The Labute approximate surface area is 107 Å². The van der Waals surface area contributed by atoms with Crippen molar-refractivity contribution >= 4 is 6.08 Å². The number of hydrogen-bond donors (Lipinski definition) is 1. The molecule has 96 valence electrons. The second-order valence-corrected chi connectivity index (χ2v) is 4.68. The number of fused-ring (bicyclic) bond motifs is 1. The molecule has 4 heteroatoms. The van der Waals surface area contributed by atoms with E-state index in [4.69, 9.17) is 14.2 Å². The second-order valence-electron chi connectivity index (χ2n) is 4.68. The van der Waals surface area contributed by atoms with E-state index in [0.29, 0.717) is 12.8 Å². The predicted octanol–water partition coefficient (Wildman–Crippen LogP) is 1.81. The smallest absolute Gasteiger partial charge is 0.231 e. The van der Waals surface area contributed by atoms with E-state index in [1.165, 1.54) is 0 Å². The van der Waals surface area contributed by atoms with Gasteiger partial charge in [-0.15, -0.1) is 0 Å². The van der Waals surface area contributed by atoms with Crippen LogP contribution in [0.15, 0.2) is 24.3 Å². The Bertz CT molecular complexity index is 458. The normalized spacial score (nSPS) is 26.7. The molecular formula is C14H17NO3. The monoisotopic (exact) mass is 247 g/mol. The van der Waals surface area contributed by atoms with E-state index in [0.717, 1.165) is 30.3 Å². The summed E-state index contributed by atoms with van der Waals surface area (Å²) in [4.78, 5) is 0. The lowest BCUT2D eigenvalue weighted by Gasteiger charge is -2.26. The second kappa shape index (κ2) is 5.00. The standard InChI is InChI=1S/C14H17NO3/c1-10-7-16-8-12(15-10)4-2-11-3-5-13-14(6-11)18-9-17-13/h2-6,10,12,15H,7-9H2,1H3/b4-2+.